The van der Waals surface area contributed by atoms with E-state index in [1.54, 1.807) is 0 Å². The minimum Gasteiger partial charge on any atom is -0.243 e. The summed E-state index contributed by atoms with van der Waals surface area (Å²) in [7, 11) is 3.97. The van der Waals surface area contributed by atoms with Crippen LogP contribution >= 0.6 is 33.9 Å². The van der Waals surface area contributed by atoms with Gasteiger partial charge in [-0.05, 0) is 17.1 Å². The van der Waals surface area contributed by atoms with E-state index in [4.69, 9.17) is 33.9 Å². The monoisotopic (exact) mass is 220 g/mol. The summed E-state index contributed by atoms with van der Waals surface area (Å²) in [5.74, 6) is 0.377. The largest absolute Gasteiger partial charge is 0.243 e. The third kappa shape index (κ3) is 1.60. The molecule has 0 bridgehead atoms. The molecule has 0 aromatic rings. The molecule has 1 fully saturated rings. The number of alkyl halides is 2. The van der Waals surface area contributed by atoms with E-state index in [2.05, 4.69) is 0 Å². The van der Waals surface area contributed by atoms with Crippen LogP contribution in [-0.2, 0) is 10.0 Å². The maximum atomic E-state index is 10.5. The minimum absolute atomic E-state index is 0.233. The molecule has 0 aromatic carbocycles. The summed E-state index contributed by atoms with van der Waals surface area (Å²) in [6.45, 7) is 1.88. The number of halogens is 3. The number of hydrogen-bond acceptors (Lipinski definition) is 1. The maximum Gasteiger partial charge on any atom is 0.125 e. The molecule has 1 saturated carbocycles. The first kappa shape index (κ1) is 9.11. The van der Waals surface area contributed by atoms with Crippen LogP contribution in [0.1, 0.15) is 13.3 Å². The van der Waals surface area contributed by atoms with Gasteiger partial charge in [-0.2, -0.15) is 0 Å². The van der Waals surface area contributed by atoms with E-state index in [1.807, 2.05) is 6.92 Å². The molecule has 60 valence electrons. The average molecular weight is 222 g/mol. The molecule has 10 heavy (non-hydrogen) atoms. The van der Waals surface area contributed by atoms with Crippen LogP contribution in [0.15, 0.2) is 0 Å². The summed E-state index contributed by atoms with van der Waals surface area (Å²) < 4.78 is 9.85. The van der Waals surface area contributed by atoms with Crippen molar-refractivity contribution in [3.8, 4) is 0 Å². The molecule has 5 heteroatoms. The predicted octanol–water partition coefficient (Wildman–Crippen LogP) is 2.47. The second kappa shape index (κ2) is 2.51. The summed E-state index contributed by atoms with van der Waals surface area (Å²) in [6.07, 6.45) is 0.682. The Kier molecular flexibility index (Phi) is 2.29. The molecule has 0 saturated heterocycles. The predicted molar refractivity (Wildman–Crippen MR) is 46.0 cm³/mol. The molecule has 0 aromatic heterocycles. The van der Waals surface area contributed by atoms with E-state index >= 15 is 0 Å². The maximum absolute atomic E-state index is 10.5. The second-order valence-corrected chi connectivity index (χ2v) is 6.26. The molecule has 0 radical (unpaired) electrons. The molecular formula is C5H7Cl3OS. The molecule has 1 rings (SSSR count). The first-order valence-electron chi connectivity index (χ1n) is 2.80. The lowest BCUT2D eigenvalue weighted by atomic mass is 10.2. The molecule has 1 nitrogen and oxygen atoms in total. The molecular weight excluding hydrogens is 214 g/mol. The standard InChI is InChI=1S/C5H7Cl3OS/c1-4(3-10(8)9)2-5(4,6)7/h2-3H2,1H3. The topological polar surface area (TPSA) is 17.1 Å². The van der Waals surface area contributed by atoms with Crippen LogP contribution < -0.4 is 0 Å². The highest BCUT2D eigenvalue weighted by Crippen LogP contribution is 2.64. The van der Waals surface area contributed by atoms with Gasteiger partial charge in [0.05, 0.1) is 0 Å². The first-order chi connectivity index (χ1) is 4.37. The summed E-state index contributed by atoms with van der Waals surface area (Å²) in [5.41, 5.74) is -0.233. The van der Waals surface area contributed by atoms with Crippen molar-refractivity contribution in [2.75, 3.05) is 5.75 Å². The van der Waals surface area contributed by atoms with Crippen molar-refractivity contribution in [3.63, 3.8) is 0 Å². The van der Waals surface area contributed by atoms with Crippen molar-refractivity contribution >= 4 is 43.9 Å². The quantitative estimate of drug-likeness (QED) is 0.517. The van der Waals surface area contributed by atoms with Gasteiger partial charge in [0.1, 0.15) is 14.3 Å². The molecule has 1 aliphatic carbocycles. The van der Waals surface area contributed by atoms with Crippen LogP contribution in [0.2, 0.25) is 0 Å². The van der Waals surface area contributed by atoms with Crippen molar-refractivity contribution in [1.29, 1.82) is 0 Å². The number of hydrogen-bond donors (Lipinski definition) is 0. The smallest absolute Gasteiger partial charge is 0.125 e. The third-order valence-electron chi connectivity index (χ3n) is 1.80. The van der Waals surface area contributed by atoms with Gasteiger partial charge >= 0.3 is 0 Å². The second-order valence-electron chi connectivity index (χ2n) is 2.88. The van der Waals surface area contributed by atoms with Crippen LogP contribution in [0.5, 0.6) is 0 Å². The van der Waals surface area contributed by atoms with Gasteiger partial charge < -0.3 is 0 Å². The van der Waals surface area contributed by atoms with Crippen molar-refractivity contribution in [2.24, 2.45) is 5.41 Å². The highest BCUT2D eigenvalue weighted by Gasteiger charge is 2.63. The van der Waals surface area contributed by atoms with Crippen LogP contribution in [-0.4, -0.2) is 14.3 Å². The summed E-state index contributed by atoms with van der Waals surface area (Å²) in [6, 6.07) is 0. The molecule has 2 atom stereocenters. The lowest BCUT2D eigenvalue weighted by molar-refractivity contribution is 0.630. The molecule has 0 heterocycles. The fourth-order valence-corrected chi connectivity index (χ4v) is 3.31. The third-order valence-corrected chi connectivity index (χ3v) is 4.17. The lowest BCUT2D eigenvalue weighted by Crippen LogP contribution is -2.11. The zero-order chi connectivity index (χ0) is 7.99. The van der Waals surface area contributed by atoms with Gasteiger partial charge in [-0.1, -0.05) is 6.92 Å². The van der Waals surface area contributed by atoms with E-state index in [-0.39, 0.29) is 5.41 Å². The Bertz CT molecular complexity index is 182. The Morgan fingerprint density at radius 3 is 2.10 bits per heavy atom. The average Bonchev–Trinajstić information content (AvgIpc) is 2.01. The lowest BCUT2D eigenvalue weighted by Gasteiger charge is -2.06. The van der Waals surface area contributed by atoms with E-state index in [0.29, 0.717) is 12.2 Å². The fourth-order valence-electron chi connectivity index (χ4n) is 0.853. The Morgan fingerprint density at radius 1 is 1.60 bits per heavy atom. The molecule has 0 spiro atoms. The van der Waals surface area contributed by atoms with Gasteiger partial charge in [0.2, 0.25) is 0 Å². The zero-order valence-electron chi connectivity index (χ0n) is 5.36. The number of rotatable bonds is 2. The van der Waals surface area contributed by atoms with Gasteiger partial charge in [0.15, 0.2) is 0 Å². The van der Waals surface area contributed by atoms with E-state index < -0.39 is 14.3 Å². The molecule has 2 unspecified atom stereocenters. The Labute approximate surface area is 77.0 Å². The van der Waals surface area contributed by atoms with Gasteiger partial charge in [-0.3, -0.25) is 0 Å². The van der Waals surface area contributed by atoms with E-state index in [9.17, 15) is 4.21 Å². The summed E-state index contributed by atoms with van der Waals surface area (Å²) in [4.78, 5) is 0. The van der Waals surface area contributed by atoms with E-state index in [0.717, 1.165) is 0 Å². The van der Waals surface area contributed by atoms with Gasteiger partial charge in [-0.25, -0.2) is 4.21 Å². The van der Waals surface area contributed by atoms with Crippen molar-refractivity contribution in [2.45, 2.75) is 17.7 Å². The van der Waals surface area contributed by atoms with Crippen LogP contribution in [0, 0.1) is 5.41 Å². The SMILES string of the molecule is CC1(CS(=O)Cl)CC1(Cl)Cl. The Morgan fingerprint density at radius 2 is 2.00 bits per heavy atom. The normalized spacial score (nSPS) is 39.2. The zero-order valence-corrected chi connectivity index (χ0v) is 8.45. The molecule has 0 amide bonds. The molecule has 0 aliphatic heterocycles. The van der Waals surface area contributed by atoms with Crippen molar-refractivity contribution in [1.82, 2.24) is 0 Å². The fraction of sp³-hybridized carbons (Fsp3) is 1.00. The molecule has 1 aliphatic rings. The van der Waals surface area contributed by atoms with Crippen molar-refractivity contribution in [3.05, 3.63) is 0 Å². The van der Waals surface area contributed by atoms with Gasteiger partial charge in [0.25, 0.3) is 0 Å². The van der Waals surface area contributed by atoms with Gasteiger partial charge in [-0.15, -0.1) is 23.2 Å². The first-order valence-corrected chi connectivity index (χ1v) is 5.70. The Hall–Kier alpha value is 1.02. The van der Waals surface area contributed by atoms with Gasteiger partial charge in [0, 0.05) is 11.2 Å². The van der Waals surface area contributed by atoms with Crippen LogP contribution in [0.3, 0.4) is 0 Å². The van der Waals surface area contributed by atoms with Crippen LogP contribution in [0.4, 0.5) is 0 Å². The van der Waals surface area contributed by atoms with E-state index in [1.165, 1.54) is 0 Å². The highest BCUT2D eigenvalue weighted by molar-refractivity contribution is 8.08. The summed E-state index contributed by atoms with van der Waals surface area (Å²) >= 11 is 11.5. The molecule has 0 N–H and O–H groups in total. The highest BCUT2D eigenvalue weighted by atomic mass is 35.7. The van der Waals surface area contributed by atoms with Crippen LogP contribution in [0.25, 0.3) is 0 Å². The minimum atomic E-state index is -1.32. The Balaban J connectivity index is 2.52. The van der Waals surface area contributed by atoms with Crippen molar-refractivity contribution < 1.29 is 4.21 Å². The summed E-state index contributed by atoms with van der Waals surface area (Å²) in [5, 5.41) is 0.